The van der Waals surface area contributed by atoms with Crippen molar-refractivity contribution in [2.75, 3.05) is 7.11 Å². The molecule has 0 bridgehead atoms. The SMILES string of the molecule is COc1ccc(S(N)(=O)=O)cc1C(=O)O[C@H](C)C(=O)N[C@@H]1CCC[C@H](C)[C@H]1C. The summed E-state index contributed by atoms with van der Waals surface area (Å²) in [6.45, 7) is 5.74. The van der Waals surface area contributed by atoms with E-state index in [1.54, 1.807) is 0 Å². The Hall–Kier alpha value is -2.13. The number of ether oxygens (including phenoxy) is 2. The number of benzene rings is 1. The molecule has 8 nitrogen and oxygen atoms in total. The minimum atomic E-state index is -4.00. The van der Waals surface area contributed by atoms with E-state index in [1.165, 1.54) is 26.2 Å². The van der Waals surface area contributed by atoms with E-state index in [1.807, 2.05) is 0 Å². The van der Waals surface area contributed by atoms with E-state index < -0.39 is 22.1 Å². The first kappa shape index (κ1) is 22.2. The van der Waals surface area contributed by atoms with Crippen molar-refractivity contribution in [1.82, 2.24) is 5.32 Å². The number of nitrogens with two attached hydrogens (primary N) is 1. The predicted octanol–water partition coefficient (Wildman–Crippen LogP) is 1.83. The Balaban J connectivity index is 2.10. The summed E-state index contributed by atoms with van der Waals surface area (Å²) in [5.41, 5.74) is -0.117. The largest absolute Gasteiger partial charge is 0.496 e. The second-order valence-corrected chi connectivity index (χ2v) is 8.90. The van der Waals surface area contributed by atoms with Crippen molar-refractivity contribution < 1.29 is 27.5 Å². The van der Waals surface area contributed by atoms with E-state index in [0.29, 0.717) is 11.8 Å². The van der Waals surface area contributed by atoms with Gasteiger partial charge in [-0.2, -0.15) is 0 Å². The van der Waals surface area contributed by atoms with Gasteiger partial charge in [0.25, 0.3) is 5.91 Å². The molecule has 1 amide bonds. The van der Waals surface area contributed by atoms with Gasteiger partial charge in [-0.3, -0.25) is 4.79 Å². The molecule has 4 atom stereocenters. The summed E-state index contributed by atoms with van der Waals surface area (Å²) < 4.78 is 33.4. The first-order chi connectivity index (χ1) is 13.0. The number of esters is 1. The fourth-order valence-corrected chi connectivity index (χ4v) is 3.93. The van der Waals surface area contributed by atoms with E-state index in [4.69, 9.17) is 14.6 Å². The van der Waals surface area contributed by atoms with Gasteiger partial charge in [0.15, 0.2) is 6.10 Å². The number of hydrogen-bond acceptors (Lipinski definition) is 6. The molecule has 0 heterocycles. The lowest BCUT2D eigenvalue weighted by atomic mass is 9.78. The van der Waals surface area contributed by atoms with Crippen LogP contribution in [0.4, 0.5) is 0 Å². The van der Waals surface area contributed by atoms with Gasteiger partial charge in [0, 0.05) is 6.04 Å². The van der Waals surface area contributed by atoms with Crippen LogP contribution < -0.4 is 15.2 Å². The molecule has 0 unspecified atom stereocenters. The molecule has 0 aromatic heterocycles. The monoisotopic (exact) mass is 412 g/mol. The fraction of sp³-hybridized carbons (Fsp3) is 0.579. The van der Waals surface area contributed by atoms with Crippen LogP contribution in [0.3, 0.4) is 0 Å². The van der Waals surface area contributed by atoms with Gasteiger partial charge < -0.3 is 14.8 Å². The molecular weight excluding hydrogens is 384 g/mol. The molecular formula is C19H28N2O6S. The zero-order valence-corrected chi connectivity index (χ0v) is 17.4. The number of rotatable bonds is 6. The highest BCUT2D eigenvalue weighted by Crippen LogP contribution is 2.29. The highest BCUT2D eigenvalue weighted by molar-refractivity contribution is 7.89. The normalized spacial score (nSPS) is 23.5. The van der Waals surface area contributed by atoms with Crippen LogP contribution in [-0.2, 0) is 19.6 Å². The summed E-state index contributed by atoms with van der Waals surface area (Å²) in [5.74, 6) is -0.273. The van der Waals surface area contributed by atoms with Crippen LogP contribution in [-0.4, -0.2) is 39.5 Å². The lowest BCUT2D eigenvalue weighted by Gasteiger charge is -2.35. The topological polar surface area (TPSA) is 125 Å². The maximum atomic E-state index is 12.5. The van der Waals surface area contributed by atoms with Gasteiger partial charge in [0.1, 0.15) is 11.3 Å². The second kappa shape index (κ2) is 8.91. The standard InChI is InChI=1S/C19H28N2O6S/c1-11-6-5-7-16(12(11)2)21-18(22)13(3)27-19(23)15-10-14(28(20,24)25)8-9-17(15)26-4/h8-13,16H,5-7H2,1-4H3,(H,21,22)(H2,20,24,25)/t11-,12+,13+,16+/m0/s1. The lowest BCUT2D eigenvalue weighted by Crippen LogP contribution is -2.47. The molecule has 0 spiro atoms. The van der Waals surface area contributed by atoms with Gasteiger partial charge >= 0.3 is 5.97 Å². The van der Waals surface area contributed by atoms with Gasteiger partial charge in [0.2, 0.25) is 10.0 Å². The summed E-state index contributed by atoms with van der Waals surface area (Å²) in [6, 6.07) is 3.66. The van der Waals surface area contributed by atoms with Crippen molar-refractivity contribution in [3.63, 3.8) is 0 Å². The molecule has 0 aliphatic heterocycles. The minimum Gasteiger partial charge on any atom is -0.496 e. The Bertz CT molecular complexity index is 839. The first-order valence-corrected chi connectivity index (χ1v) is 10.8. The number of carbonyl (C=O) groups excluding carboxylic acids is 2. The van der Waals surface area contributed by atoms with Gasteiger partial charge in [-0.1, -0.05) is 26.7 Å². The summed E-state index contributed by atoms with van der Waals surface area (Å²) >= 11 is 0. The summed E-state index contributed by atoms with van der Waals surface area (Å²) in [4.78, 5) is 24.7. The van der Waals surface area contributed by atoms with Crippen molar-refractivity contribution in [1.29, 1.82) is 0 Å². The van der Waals surface area contributed by atoms with Crippen LogP contribution >= 0.6 is 0 Å². The Labute approximate surface area is 165 Å². The number of hydrogen-bond donors (Lipinski definition) is 2. The molecule has 156 valence electrons. The van der Waals surface area contributed by atoms with E-state index in [9.17, 15) is 18.0 Å². The Morgan fingerprint density at radius 2 is 1.93 bits per heavy atom. The molecule has 3 N–H and O–H groups in total. The molecule has 1 fully saturated rings. The number of primary sulfonamides is 1. The quantitative estimate of drug-likeness (QED) is 0.687. The number of sulfonamides is 1. The molecule has 1 aliphatic rings. The fourth-order valence-electron chi connectivity index (χ4n) is 3.39. The highest BCUT2D eigenvalue weighted by atomic mass is 32.2. The molecule has 0 saturated heterocycles. The Kier molecular flexibility index (Phi) is 7.06. The van der Waals surface area contributed by atoms with Crippen LogP contribution in [0.15, 0.2) is 23.1 Å². The van der Waals surface area contributed by atoms with Crippen molar-refractivity contribution in [3.05, 3.63) is 23.8 Å². The van der Waals surface area contributed by atoms with Crippen LogP contribution in [0.5, 0.6) is 5.75 Å². The molecule has 2 rings (SSSR count). The van der Waals surface area contributed by atoms with Crippen molar-refractivity contribution in [2.45, 2.75) is 57.1 Å². The molecule has 1 aromatic carbocycles. The van der Waals surface area contributed by atoms with E-state index in [2.05, 4.69) is 19.2 Å². The first-order valence-electron chi connectivity index (χ1n) is 9.26. The van der Waals surface area contributed by atoms with Crippen molar-refractivity contribution in [2.24, 2.45) is 17.0 Å². The second-order valence-electron chi connectivity index (χ2n) is 7.34. The maximum absolute atomic E-state index is 12.5. The van der Waals surface area contributed by atoms with Gasteiger partial charge in [-0.25, -0.2) is 18.4 Å². The van der Waals surface area contributed by atoms with Crippen molar-refractivity contribution in [3.8, 4) is 5.75 Å². The van der Waals surface area contributed by atoms with E-state index in [-0.39, 0.29) is 28.2 Å². The van der Waals surface area contributed by atoms with Crippen LogP contribution in [0.1, 0.15) is 50.4 Å². The van der Waals surface area contributed by atoms with Crippen LogP contribution in [0.25, 0.3) is 0 Å². The van der Waals surface area contributed by atoms with Gasteiger partial charge in [-0.05, 0) is 43.4 Å². The lowest BCUT2D eigenvalue weighted by molar-refractivity contribution is -0.130. The maximum Gasteiger partial charge on any atom is 0.342 e. The van der Waals surface area contributed by atoms with Gasteiger partial charge in [0.05, 0.1) is 12.0 Å². The third-order valence-corrected chi connectivity index (χ3v) is 6.32. The number of methoxy groups -OCH3 is 1. The molecule has 1 aromatic rings. The third kappa shape index (κ3) is 5.23. The molecule has 28 heavy (non-hydrogen) atoms. The smallest absolute Gasteiger partial charge is 0.342 e. The Morgan fingerprint density at radius 3 is 2.54 bits per heavy atom. The zero-order valence-electron chi connectivity index (χ0n) is 16.6. The predicted molar refractivity (Wildman–Crippen MR) is 103 cm³/mol. The number of nitrogens with one attached hydrogen (secondary N) is 1. The summed E-state index contributed by atoms with van der Waals surface area (Å²) in [6.07, 6.45) is 2.03. The van der Waals surface area contributed by atoms with Crippen LogP contribution in [0, 0.1) is 11.8 Å². The molecule has 1 saturated carbocycles. The van der Waals surface area contributed by atoms with Crippen LogP contribution in [0.2, 0.25) is 0 Å². The van der Waals surface area contributed by atoms with E-state index >= 15 is 0 Å². The highest BCUT2D eigenvalue weighted by Gasteiger charge is 2.30. The Morgan fingerprint density at radius 1 is 1.25 bits per heavy atom. The van der Waals surface area contributed by atoms with E-state index in [0.717, 1.165) is 25.3 Å². The minimum absolute atomic E-state index is 0.0395. The average Bonchev–Trinajstić information content (AvgIpc) is 2.63. The summed E-state index contributed by atoms with van der Waals surface area (Å²) in [5, 5.41) is 8.07. The van der Waals surface area contributed by atoms with Gasteiger partial charge in [-0.15, -0.1) is 0 Å². The van der Waals surface area contributed by atoms with Crippen molar-refractivity contribution >= 4 is 21.9 Å². The molecule has 0 radical (unpaired) electrons. The number of carbonyl (C=O) groups is 2. The number of amides is 1. The molecule has 9 heteroatoms. The molecule has 1 aliphatic carbocycles. The third-order valence-electron chi connectivity index (χ3n) is 5.41. The summed E-state index contributed by atoms with van der Waals surface area (Å²) in [7, 11) is -2.66. The average molecular weight is 413 g/mol. The zero-order chi connectivity index (χ0) is 21.1.